The Morgan fingerprint density at radius 3 is 2.94 bits per heavy atom. The van der Waals surface area contributed by atoms with Gasteiger partial charge < -0.3 is 10.3 Å². The van der Waals surface area contributed by atoms with E-state index in [2.05, 4.69) is 32.1 Å². The molecule has 0 spiro atoms. The molecule has 2 rings (SSSR count). The van der Waals surface area contributed by atoms with Crippen molar-refractivity contribution in [3.8, 4) is 0 Å². The molecule has 0 radical (unpaired) electrons. The maximum Gasteiger partial charge on any atom is 0.0922 e. The molecule has 1 aromatic rings. The molecule has 1 fully saturated rings. The number of H-pyrrole nitrogens is 1. The Morgan fingerprint density at radius 2 is 2.25 bits per heavy atom. The SMILES string of the molecule is CN(CCN1CCNCC1)Cc1cnc[nH]1. The first-order valence-corrected chi connectivity index (χ1v) is 5.93. The average Bonchev–Trinajstić information content (AvgIpc) is 2.81. The number of hydrogen-bond donors (Lipinski definition) is 2. The lowest BCUT2D eigenvalue weighted by Crippen LogP contribution is -2.45. The summed E-state index contributed by atoms with van der Waals surface area (Å²) in [6.45, 7) is 7.84. The van der Waals surface area contributed by atoms with Crippen LogP contribution in [0.5, 0.6) is 0 Å². The summed E-state index contributed by atoms with van der Waals surface area (Å²) in [4.78, 5) is 12.0. The fraction of sp³-hybridized carbons (Fsp3) is 0.727. The third-order valence-electron chi connectivity index (χ3n) is 3.00. The zero-order valence-corrected chi connectivity index (χ0v) is 9.95. The summed E-state index contributed by atoms with van der Waals surface area (Å²) in [7, 11) is 2.16. The third kappa shape index (κ3) is 3.59. The Hall–Kier alpha value is -0.910. The van der Waals surface area contributed by atoms with Crippen LogP contribution >= 0.6 is 0 Å². The molecular formula is C11H21N5. The maximum absolute atomic E-state index is 4.02. The highest BCUT2D eigenvalue weighted by Crippen LogP contribution is 1.98. The summed E-state index contributed by atoms with van der Waals surface area (Å²) < 4.78 is 0. The van der Waals surface area contributed by atoms with Gasteiger partial charge in [0.15, 0.2) is 0 Å². The first-order valence-electron chi connectivity index (χ1n) is 5.93. The summed E-state index contributed by atoms with van der Waals surface area (Å²) in [5.74, 6) is 0. The smallest absolute Gasteiger partial charge is 0.0922 e. The van der Waals surface area contributed by atoms with E-state index < -0.39 is 0 Å². The summed E-state index contributed by atoms with van der Waals surface area (Å²) in [6.07, 6.45) is 3.63. The van der Waals surface area contributed by atoms with Crippen molar-refractivity contribution in [2.45, 2.75) is 6.54 Å². The van der Waals surface area contributed by atoms with Crippen LogP contribution in [0.4, 0.5) is 0 Å². The second-order valence-corrected chi connectivity index (χ2v) is 4.41. The monoisotopic (exact) mass is 223 g/mol. The number of nitrogens with one attached hydrogen (secondary N) is 2. The fourth-order valence-corrected chi connectivity index (χ4v) is 1.99. The second-order valence-electron chi connectivity index (χ2n) is 4.41. The molecule has 1 aliphatic rings. The predicted octanol–water partition coefficient (Wildman–Crippen LogP) is -0.253. The Labute approximate surface area is 96.8 Å². The van der Waals surface area contributed by atoms with E-state index in [0.717, 1.165) is 32.7 Å². The van der Waals surface area contributed by atoms with E-state index in [4.69, 9.17) is 0 Å². The van der Waals surface area contributed by atoms with Gasteiger partial charge in [-0.2, -0.15) is 0 Å². The lowest BCUT2D eigenvalue weighted by Gasteiger charge is -2.28. The predicted molar refractivity (Wildman–Crippen MR) is 64.2 cm³/mol. The van der Waals surface area contributed by atoms with Crippen molar-refractivity contribution < 1.29 is 0 Å². The van der Waals surface area contributed by atoms with Gasteiger partial charge in [-0.05, 0) is 7.05 Å². The van der Waals surface area contributed by atoms with Gasteiger partial charge in [-0.1, -0.05) is 0 Å². The average molecular weight is 223 g/mol. The van der Waals surface area contributed by atoms with Gasteiger partial charge in [0.1, 0.15) is 0 Å². The van der Waals surface area contributed by atoms with Crippen molar-refractivity contribution in [3.63, 3.8) is 0 Å². The topological polar surface area (TPSA) is 47.2 Å². The van der Waals surface area contributed by atoms with Gasteiger partial charge in [-0.3, -0.25) is 9.80 Å². The van der Waals surface area contributed by atoms with E-state index in [1.165, 1.54) is 18.8 Å². The highest BCUT2D eigenvalue weighted by molar-refractivity contribution is 4.93. The molecule has 0 aromatic carbocycles. The number of rotatable bonds is 5. The van der Waals surface area contributed by atoms with Crippen LogP contribution in [0.2, 0.25) is 0 Å². The highest BCUT2D eigenvalue weighted by Gasteiger charge is 2.10. The molecule has 0 unspecified atom stereocenters. The number of nitrogens with zero attached hydrogens (tertiary/aromatic N) is 3. The zero-order valence-electron chi connectivity index (χ0n) is 9.95. The molecule has 90 valence electrons. The molecule has 0 atom stereocenters. The molecule has 2 N–H and O–H groups in total. The van der Waals surface area contributed by atoms with Crippen molar-refractivity contribution in [2.75, 3.05) is 46.3 Å². The normalized spacial score (nSPS) is 18.1. The minimum Gasteiger partial charge on any atom is -0.347 e. The largest absolute Gasteiger partial charge is 0.347 e. The van der Waals surface area contributed by atoms with Crippen molar-refractivity contribution in [2.24, 2.45) is 0 Å². The number of imidazole rings is 1. The van der Waals surface area contributed by atoms with Crippen LogP contribution in [-0.2, 0) is 6.54 Å². The first kappa shape index (κ1) is 11.6. The minimum atomic E-state index is 0.950. The van der Waals surface area contributed by atoms with E-state index >= 15 is 0 Å². The second kappa shape index (κ2) is 5.98. The molecule has 5 nitrogen and oxygen atoms in total. The quantitative estimate of drug-likeness (QED) is 0.722. The van der Waals surface area contributed by atoms with Crippen LogP contribution in [0.25, 0.3) is 0 Å². The number of aromatic nitrogens is 2. The molecule has 5 heteroatoms. The van der Waals surface area contributed by atoms with Crippen LogP contribution in [-0.4, -0.2) is 66.1 Å². The molecule has 0 aliphatic carbocycles. The highest BCUT2D eigenvalue weighted by atomic mass is 15.2. The van der Waals surface area contributed by atoms with Gasteiger partial charge in [0.25, 0.3) is 0 Å². The molecule has 1 saturated heterocycles. The zero-order chi connectivity index (χ0) is 11.2. The molecule has 1 aromatic heterocycles. The van der Waals surface area contributed by atoms with Crippen molar-refractivity contribution in [1.29, 1.82) is 0 Å². The first-order chi connectivity index (χ1) is 7.84. The van der Waals surface area contributed by atoms with Crippen LogP contribution < -0.4 is 5.32 Å². The number of aromatic amines is 1. The standard InChI is InChI=1S/C11H21N5/c1-15(9-11-8-13-10-14-11)6-7-16-4-2-12-3-5-16/h8,10,12H,2-7,9H2,1H3,(H,13,14). The number of likely N-dealkylation sites (N-methyl/N-ethyl adjacent to an activating group) is 1. The number of piperazine rings is 1. The van der Waals surface area contributed by atoms with Crippen LogP contribution in [0, 0.1) is 0 Å². The van der Waals surface area contributed by atoms with Crippen LogP contribution in [0.1, 0.15) is 5.69 Å². The van der Waals surface area contributed by atoms with Gasteiger partial charge in [0.05, 0.1) is 6.33 Å². The van der Waals surface area contributed by atoms with Crippen molar-refractivity contribution in [3.05, 3.63) is 18.2 Å². The molecule has 0 saturated carbocycles. The third-order valence-corrected chi connectivity index (χ3v) is 3.00. The molecule has 16 heavy (non-hydrogen) atoms. The van der Waals surface area contributed by atoms with Crippen molar-refractivity contribution >= 4 is 0 Å². The molecule has 2 heterocycles. The van der Waals surface area contributed by atoms with Crippen LogP contribution in [0.15, 0.2) is 12.5 Å². The van der Waals surface area contributed by atoms with Gasteiger partial charge >= 0.3 is 0 Å². The fourth-order valence-electron chi connectivity index (χ4n) is 1.99. The van der Waals surface area contributed by atoms with E-state index in [1.54, 1.807) is 6.33 Å². The van der Waals surface area contributed by atoms with E-state index in [1.807, 2.05) is 6.20 Å². The molecular weight excluding hydrogens is 202 g/mol. The Kier molecular flexibility index (Phi) is 4.33. The summed E-state index contributed by atoms with van der Waals surface area (Å²) >= 11 is 0. The van der Waals surface area contributed by atoms with Crippen LogP contribution in [0.3, 0.4) is 0 Å². The number of hydrogen-bond acceptors (Lipinski definition) is 4. The van der Waals surface area contributed by atoms with E-state index in [-0.39, 0.29) is 0 Å². The lowest BCUT2D eigenvalue weighted by atomic mass is 10.3. The maximum atomic E-state index is 4.02. The Balaban J connectivity index is 1.65. The van der Waals surface area contributed by atoms with Gasteiger partial charge in [0, 0.05) is 57.7 Å². The van der Waals surface area contributed by atoms with Gasteiger partial charge in [-0.15, -0.1) is 0 Å². The summed E-state index contributed by atoms with van der Waals surface area (Å²) in [5, 5.41) is 3.37. The summed E-state index contributed by atoms with van der Waals surface area (Å²) in [5.41, 5.74) is 1.18. The van der Waals surface area contributed by atoms with E-state index in [9.17, 15) is 0 Å². The Bertz CT molecular complexity index is 279. The minimum absolute atomic E-state index is 0.950. The van der Waals surface area contributed by atoms with E-state index in [0.29, 0.717) is 0 Å². The molecule has 0 amide bonds. The van der Waals surface area contributed by atoms with Crippen molar-refractivity contribution in [1.82, 2.24) is 25.1 Å². The summed E-state index contributed by atoms with van der Waals surface area (Å²) in [6, 6.07) is 0. The molecule has 0 bridgehead atoms. The molecule has 1 aliphatic heterocycles. The lowest BCUT2D eigenvalue weighted by molar-refractivity contribution is 0.201. The van der Waals surface area contributed by atoms with Gasteiger partial charge in [-0.25, -0.2) is 4.98 Å². The van der Waals surface area contributed by atoms with Gasteiger partial charge in [0.2, 0.25) is 0 Å². The Morgan fingerprint density at radius 1 is 1.44 bits per heavy atom.